The van der Waals surface area contributed by atoms with Crippen LogP contribution in [0.3, 0.4) is 0 Å². The van der Waals surface area contributed by atoms with Crippen LogP contribution in [0.5, 0.6) is 0 Å². The minimum Gasteiger partial charge on any atom is -0.436 e. The molecule has 0 saturated heterocycles. The van der Waals surface area contributed by atoms with Gasteiger partial charge in [-0.3, -0.25) is 0 Å². The molecule has 0 aliphatic rings. The van der Waals surface area contributed by atoms with Crippen LogP contribution in [0, 0.1) is 13.8 Å². The maximum absolute atomic E-state index is 5.85. The zero-order chi connectivity index (χ0) is 13.3. The van der Waals surface area contributed by atoms with Crippen molar-refractivity contribution < 1.29 is 4.42 Å². The van der Waals surface area contributed by atoms with E-state index in [-0.39, 0.29) is 6.04 Å². The molecule has 0 amide bonds. The second kappa shape index (κ2) is 5.47. The fourth-order valence-corrected chi connectivity index (χ4v) is 2.93. The van der Waals surface area contributed by atoms with E-state index in [2.05, 4.69) is 20.9 Å². The number of benzene rings is 1. The van der Waals surface area contributed by atoms with Gasteiger partial charge in [-0.25, -0.2) is 4.98 Å². The summed E-state index contributed by atoms with van der Waals surface area (Å²) < 4.78 is 6.57. The Labute approximate surface area is 119 Å². The topological polar surface area (TPSA) is 52.0 Å². The van der Waals surface area contributed by atoms with Crippen molar-refractivity contribution in [2.75, 3.05) is 0 Å². The molecule has 0 aliphatic heterocycles. The van der Waals surface area contributed by atoms with Crippen LogP contribution in [0.15, 0.2) is 37.2 Å². The van der Waals surface area contributed by atoms with Crippen LogP contribution in [0.2, 0.25) is 0 Å². The average molecular weight is 327 g/mol. The van der Waals surface area contributed by atoms with Crippen LogP contribution in [0.1, 0.15) is 30.0 Å². The van der Waals surface area contributed by atoms with Crippen molar-refractivity contribution in [3.63, 3.8) is 0 Å². The fourth-order valence-electron chi connectivity index (χ4n) is 1.46. The van der Waals surface area contributed by atoms with Gasteiger partial charge < -0.3 is 10.2 Å². The van der Waals surface area contributed by atoms with Gasteiger partial charge in [0.25, 0.3) is 5.22 Å². The Morgan fingerprint density at radius 2 is 2.11 bits per heavy atom. The molecule has 0 aliphatic carbocycles. The van der Waals surface area contributed by atoms with Crippen molar-refractivity contribution in [2.45, 2.75) is 36.9 Å². The molecule has 96 valence electrons. The highest BCUT2D eigenvalue weighted by Gasteiger charge is 2.11. The highest BCUT2D eigenvalue weighted by Crippen LogP contribution is 2.34. The van der Waals surface area contributed by atoms with Crippen LogP contribution >= 0.6 is 27.7 Å². The molecular weight excluding hydrogens is 312 g/mol. The molecule has 0 spiro atoms. The maximum Gasteiger partial charge on any atom is 0.261 e. The van der Waals surface area contributed by atoms with Gasteiger partial charge in [-0.05, 0) is 66.2 Å². The maximum atomic E-state index is 5.85. The van der Waals surface area contributed by atoms with Gasteiger partial charge in [-0.15, -0.1) is 0 Å². The van der Waals surface area contributed by atoms with Gasteiger partial charge in [0.05, 0.1) is 5.69 Å². The lowest BCUT2D eigenvalue weighted by molar-refractivity contribution is 0.431. The van der Waals surface area contributed by atoms with E-state index in [1.54, 1.807) is 0 Å². The lowest BCUT2D eigenvalue weighted by Crippen LogP contribution is -2.04. The van der Waals surface area contributed by atoms with Crippen molar-refractivity contribution in [3.8, 4) is 0 Å². The highest BCUT2D eigenvalue weighted by molar-refractivity contribution is 9.10. The molecule has 1 atom stereocenters. The number of rotatable bonds is 3. The fraction of sp³-hybridized carbons (Fsp3) is 0.308. The largest absolute Gasteiger partial charge is 0.436 e. The smallest absolute Gasteiger partial charge is 0.261 e. The number of hydrogen-bond acceptors (Lipinski definition) is 4. The quantitative estimate of drug-likeness (QED) is 0.917. The minimum absolute atomic E-state index is 0.0339. The zero-order valence-corrected chi connectivity index (χ0v) is 12.9. The molecule has 5 heteroatoms. The van der Waals surface area contributed by atoms with Gasteiger partial charge in [0.1, 0.15) is 5.76 Å². The second-order valence-corrected chi connectivity index (χ2v) is 6.05. The summed E-state index contributed by atoms with van der Waals surface area (Å²) in [5.74, 6) is 0.862. The highest BCUT2D eigenvalue weighted by atomic mass is 79.9. The molecule has 0 fully saturated rings. The lowest BCUT2D eigenvalue weighted by atomic mass is 10.1. The normalized spacial score (nSPS) is 12.7. The summed E-state index contributed by atoms with van der Waals surface area (Å²) in [6.07, 6.45) is 0. The van der Waals surface area contributed by atoms with E-state index in [9.17, 15) is 0 Å². The summed E-state index contributed by atoms with van der Waals surface area (Å²) in [6, 6.07) is 6.13. The molecule has 18 heavy (non-hydrogen) atoms. The third-order valence-corrected chi connectivity index (χ3v) is 4.53. The Morgan fingerprint density at radius 3 is 2.61 bits per heavy atom. The van der Waals surface area contributed by atoms with Crippen molar-refractivity contribution >= 4 is 27.7 Å². The number of nitrogens with two attached hydrogens (primary N) is 1. The summed E-state index contributed by atoms with van der Waals surface area (Å²) in [5, 5.41) is 0.666. The van der Waals surface area contributed by atoms with E-state index in [0.29, 0.717) is 5.22 Å². The minimum atomic E-state index is 0.0339. The molecular formula is C13H15BrN2OS. The monoisotopic (exact) mass is 326 g/mol. The zero-order valence-electron chi connectivity index (χ0n) is 10.5. The molecule has 0 saturated carbocycles. The Kier molecular flexibility index (Phi) is 4.14. The Bertz CT molecular complexity index is 547. The summed E-state index contributed by atoms with van der Waals surface area (Å²) in [4.78, 5) is 5.42. The van der Waals surface area contributed by atoms with E-state index < -0.39 is 0 Å². The molecule has 1 heterocycles. The first-order valence-electron chi connectivity index (χ1n) is 5.64. The van der Waals surface area contributed by atoms with Gasteiger partial charge >= 0.3 is 0 Å². The number of halogens is 1. The third kappa shape index (κ3) is 2.96. The summed E-state index contributed by atoms with van der Waals surface area (Å²) in [7, 11) is 0. The summed E-state index contributed by atoms with van der Waals surface area (Å²) in [6.45, 7) is 5.83. The van der Waals surface area contributed by atoms with E-state index in [4.69, 9.17) is 10.2 Å². The van der Waals surface area contributed by atoms with E-state index in [1.807, 2.05) is 39.0 Å². The van der Waals surface area contributed by atoms with Gasteiger partial charge in [0.15, 0.2) is 0 Å². The van der Waals surface area contributed by atoms with Gasteiger partial charge in [0.2, 0.25) is 0 Å². The van der Waals surface area contributed by atoms with Gasteiger partial charge in [0, 0.05) is 15.4 Å². The first-order valence-corrected chi connectivity index (χ1v) is 7.25. The van der Waals surface area contributed by atoms with E-state index in [1.165, 1.54) is 11.8 Å². The van der Waals surface area contributed by atoms with Crippen LogP contribution in [0.4, 0.5) is 0 Å². The van der Waals surface area contributed by atoms with Crippen molar-refractivity contribution in [2.24, 2.45) is 5.73 Å². The summed E-state index contributed by atoms with van der Waals surface area (Å²) in [5.41, 5.74) is 7.88. The van der Waals surface area contributed by atoms with E-state index >= 15 is 0 Å². The lowest BCUT2D eigenvalue weighted by Gasteiger charge is -2.08. The predicted molar refractivity (Wildman–Crippen MR) is 76.8 cm³/mol. The Hall–Kier alpha value is -0.780. The Morgan fingerprint density at radius 1 is 1.39 bits per heavy atom. The van der Waals surface area contributed by atoms with E-state index in [0.717, 1.165) is 26.4 Å². The molecule has 2 N–H and O–H groups in total. The first-order chi connectivity index (χ1) is 8.47. The van der Waals surface area contributed by atoms with Crippen LogP contribution in [-0.2, 0) is 0 Å². The first kappa shape index (κ1) is 13.6. The second-order valence-electron chi connectivity index (χ2n) is 4.20. The molecule has 1 aromatic carbocycles. The molecule has 2 rings (SSSR count). The molecule has 0 radical (unpaired) electrons. The molecule has 3 nitrogen and oxygen atoms in total. The SMILES string of the molecule is Cc1nc(Sc2ccc([C@@H](C)N)cc2Br)oc1C. The standard InChI is InChI=1S/C13H15BrN2OS/c1-7(15)10-4-5-12(11(14)6-10)18-13-16-8(2)9(3)17-13/h4-7H,15H2,1-3H3/t7-/m1/s1. The molecule has 2 aromatic rings. The number of oxazole rings is 1. The molecule has 0 bridgehead atoms. The van der Waals surface area contributed by atoms with Crippen LogP contribution < -0.4 is 5.73 Å². The van der Waals surface area contributed by atoms with Crippen LogP contribution in [0.25, 0.3) is 0 Å². The van der Waals surface area contributed by atoms with Crippen molar-refractivity contribution in [1.82, 2.24) is 4.98 Å². The number of hydrogen-bond donors (Lipinski definition) is 1. The van der Waals surface area contributed by atoms with Gasteiger partial charge in [-0.1, -0.05) is 6.07 Å². The number of aryl methyl sites for hydroxylation is 2. The summed E-state index contributed by atoms with van der Waals surface area (Å²) >= 11 is 5.06. The molecule has 0 unspecified atom stereocenters. The predicted octanol–water partition coefficient (Wildman–Crippen LogP) is 4.22. The van der Waals surface area contributed by atoms with Crippen LogP contribution in [-0.4, -0.2) is 4.98 Å². The third-order valence-electron chi connectivity index (χ3n) is 2.69. The van der Waals surface area contributed by atoms with Crippen molar-refractivity contribution in [3.05, 3.63) is 39.7 Å². The number of aromatic nitrogens is 1. The Balaban J connectivity index is 2.24. The van der Waals surface area contributed by atoms with Gasteiger partial charge in [-0.2, -0.15) is 0 Å². The average Bonchev–Trinajstić information content (AvgIpc) is 2.61. The molecule has 1 aromatic heterocycles. The number of nitrogens with zero attached hydrogens (tertiary/aromatic N) is 1. The van der Waals surface area contributed by atoms with Crippen molar-refractivity contribution in [1.29, 1.82) is 0 Å².